The van der Waals surface area contributed by atoms with E-state index in [1.807, 2.05) is 0 Å². The molecule has 5 N–H and O–H groups in total. The molecule has 228 valence electrons. The van der Waals surface area contributed by atoms with Crippen molar-refractivity contribution in [2.45, 2.75) is 95.5 Å². The number of aliphatic hydroxyl groups excluding tert-OH is 2. The van der Waals surface area contributed by atoms with Crippen molar-refractivity contribution in [3.05, 3.63) is 34.1 Å². The molecule has 3 rings (SSSR count). The highest BCUT2D eigenvalue weighted by Crippen LogP contribution is 2.42. The van der Waals surface area contributed by atoms with E-state index in [0.717, 1.165) is 31.9 Å². The summed E-state index contributed by atoms with van der Waals surface area (Å²) < 4.78 is 34.5. The summed E-state index contributed by atoms with van der Waals surface area (Å²) in [5.74, 6) is -5.62. The van der Waals surface area contributed by atoms with E-state index in [4.69, 9.17) is 10.5 Å². The third-order valence-electron chi connectivity index (χ3n) is 7.15. The molecule has 0 bridgehead atoms. The van der Waals surface area contributed by atoms with Crippen LogP contribution in [0.15, 0.2) is 33.4 Å². The molecular formula is C27H40F2N6O6. The van der Waals surface area contributed by atoms with Crippen LogP contribution < -0.4 is 21.6 Å². The summed E-state index contributed by atoms with van der Waals surface area (Å²) in [7, 11) is 0. The van der Waals surface area contributed by atoms with Crippen molar-refractivity contribution in [3.8, 4) is 0 Å². The van der Waals surface area contributed by atoms with E-state index in [1.165, 1.54) is 55.7 Å². The maximum atomic E-state index is 14.5. The van der Waals surface area contributed by atoms with E-state index in [1.54, 1.807) is 0 Å². The van der Waals surface area contributed by atoms with Gasteiger partial charge in [-0.15, -0.1) is 0 Å². The molecule has 0 spiro atoms. The van der Waals surface area contributed by atoms with Crippen molar-refractivity contribution < 1.29 is 33.3 Å². The fraction of sp³-hybridized carbons (Fsp3) is 0.667. The molecular weight excluding hydrogens is 542 g/mol. The Morgan fingerprint density at radius 2 is 1.78 bits per heavy atom. The van der Waals surface area contributed by atoms with E-state index in [0.29, 0.717) is 11.1 Å². The van der Waals surface area contributed by atoms with Gasteiger partial charge in [-0.05, 0) is 12.5 Å². The number of nitrogens with zero attached hydrogens (tertiary/aromatic N) is 4. The zero-order chi connectivity index (χ0) is 30.0. The lowest BCUT2D eigenvalue weighted by atomic mass is 10.1. The molecule has 14 heteroatoms. The van der Waals surface area contributed by atoms with Gasteiger partial charge in [-0.25, -0.2) is 4.79 Å². The first kappa shape index (κ1) is 32.3. The lowest BCUT2D eigenvalue weighted by Crippen LogP contribution is -2.43. The largest absolute Gasteiger partial charge is 0.394 e. The molecule has 2 aliphatic heterocycles. The lowest BCUT2D eigenvalue weighted by molar-refractivity contribution is -0.140. The van der Waals surface area contributed by atoms with E-state index in [9.17, 15) is 33.4 Å². The molecule has 1 fully saturated rings. The van der Waals surface area contributed by atoms with Crippen molar-refractivity contribution in [1.29, 1.82) is 0 Å². The molecule has 12 nitrogen and oxygen atoms in total. The van der Waals surface area contributed by atoms with Crippen LogP contribution in [-0.2, 0) is 14.3 Å². The highest BCUT2D eigenvalue weighted by Gasteiger charge is 2.59. The second-order valence-electron chi connectivity index (χ2n) is 10.2. The minimum absolute atomic E-state index is 0.0641. The molecule has 3 atom stereocenters. The standard InChI is InChI=1S/C27H40F2N6O6/c1-2-3-4-5-6-7-8-9-10-11-13-32-24(39)20-21(23(30)38)34(16-14-31-20)19-12-15-35(26(40)33-19)25-27(28,29)22(37)18(17-36)41-25/h12,14-15,18,22,25,36-37H,2-11,13,16-17H2,1H3,(H2,30,38)(H,32,39)/t18-,22-,25-/m1/s1. The molecule has 3 heterocycles. The quantitative estimate of drug-likeness (QED) is 0.214. The first-order chi connectivity index (χ1) is 19.6. The number of unbranched alkanes of at least 4 members (excludes halogenated alkanes) is 9. The van der Waals surface area contributed by atoms with Crippen LogP contribution in [0.25, 0.3) is 0 Å². The Kier molecular flexibility index (Phi) is 11.9. The van der Waals surface area contributed by atoms with Gasteiger partial charge in [0, 0.05) is 19.0 Å². The number of halogens is 2. The number of alkyl halides is 2. The fourth-order valence-corrected chi connectivity index (χ4v) is 4.87. The number of anilines is 1. The number of hydrogen-bond donors (Lipinski definition) is 4. The van der Waals surface area contributed by atoms with Crippen LogP contribution in [0, 0.1) is 0 Å². The third kappa shape index (κ3) is 7.95. The smallest absolute Gasteiger partial charge is 0.351 e. The van der Waals surface area contributed by atoms with Gasteiger partial charge in [0.25, 0.3) is 11.8 Å². The Hall–Kier alpha value is -3.23. The van der Waals surface area contributed by atoms with Crippen molar-refractivity contribution in [2.24, 2.45) is 10.7 Å². The van der Waals surface area contributed by atoms with Gasteiger partial charge in [-0.3, -0.25) is 19.1 Å². The Morgan fingerprint density at radius 1 is 1.15 bits per heavy atom. The highest BCUT2D eigenvalue weighted by atomic mass is 19.3. The van der Waals surface area contributed by atoms with Gasteiger partial charge in [0.05, 0.1) is 13.2 Å². The van der Waals surface area contributed by atoms with Crippen molar-refractivity contribution in [1.82, 2.24) is 14.9 Å². The Bertz CT molecular complexity index is 1170. The summed E-state index contributed by atoms with van der Waals surface area (Å²) in [5, 5.41) is 21.7. The average molecular weight is 583 g/mol. The van der Waals surface area contributed by atoms with E-state index in [-0.39, 0.29) is 23.8 Å². The van der Waals surface area contributed by atoms with Crippen LogP contribution in [0.1, 0.15) is 77.4 Å². The minimum Gasteiger partial charge on any atom is -0.394 e. The van der Waals surface area contributed by atoms with Crippen LogP contribution >= 0.6 is 0 Å². The molecule has 0 aliphatic carbocycles. The predicted octanol–water partition coefficient (Wildman–Crippen LogP) is 1.75. The zero-order valence-electron chi connectivity index (χ0n) is 23.3. The topological polar surface area (TPSA) is 172 Å². The zero-order valence-corrected chi connectivity index (χ0v) is 23.3. The number of nitrogens with one attached hydrogen (secondary N) is 1. The molecule has 2 amide bonds. The number of ether oxygens (including phenoxy) is 1. The van der Waals surface area contributed by atoms with Crippen LogP contribution in [0.4, 0.5) is 14.6 Å². The van der Waals surface area contributed by atoms with Crippen molar-refractivity contribution in [3.63, 3.8) is 0 Å². The van der Waals surface area contributed by atoms with Crippen molar-refractivity contribution >= 4 is 23.8 Å². The summed E-state index contributed by atoms with van der Waals surface area (Å²) in [6, 6.07) is 1.17. The van der Waals surface area contributed by atoms with Crippen LogP contribution in [0.2, 0.25) is 0 Å². The summed E-state index contributed by atoms with van der Waals surface area (Å²) in [4.78, 5) is 46.9. The number of aliphatic hydroxyl groups is 2. The molecule has 1 aromatic heterocycles. The van der Waals surface area contributed by atoms with E-state index in [2.05, 4.69) is 22.2 Å². The molecule has 41 heavy (non-hydrogen) atoms. The average Bonchev–Trinajstić information content (AvgIpc) is 3.18. The SMILES string of the molecule is CCCCCCCCCCCCNC(=O)C1=C(C(N)=O)N(c2ccn([C@@H]3O[C@H](CO)[C@@H](O)C3(F)F)c(=O)n2)CC=N1. The van der Waals surface area contributed by atoms with Crippen LogP contribution in [0.5, 0.6) is 0 Å². The monoisotopic (exact) mass is 582 g/mol. The number of aliphatic imine (C=N–C) groups is 1. The molecule has 1 aromatic rings. The highest BCUT2D eigenvalue weighted by molar-refractivity contribution is 6.08. The molecule has 0 aromatic carbocycles. The number of amides is 2. The molecule has 1 saturated heterocycles. The van der Waals surface area contributed by atoms with Gasteiger partial charge in [-0.2, -0.15) is 13.8 Å². The summed E-state index contributed by atoms with van der Waals surface area (Å²) in [5.41, 5.74) is 3.84. The fourth-order valence-electron chi connectivity index (χ4n) is 4.87. The van der Waals surface area contributed by atoms with Crippen LogP contribution in [0.3, 0.4) is 0 Å². The maximum absolute atomic E-state index is 14.5. The van der Waals surface area contributed by atoms with E-state index < -0.39 is 48.5 Å². The second-order valence-corrected chi connectivity index (χ2v) is 10.2. The summed E-state index contributed by atoms with van der Waals surface area (Å²) in [6.07, 6.45) is 7.63. The van der Waals surface area contributed by atoms with Gasteiger partial charge < -0.3 is 30.9 Å². The van der Waals surface area contributed by atoms with Gasteiger partial charge >= 0.3 is 11.6 Å². The van der Waals surface area contributed by atoms with Gasteiger partial charge in [0.15, 0.2) is 11.8 Å². The number of aromatic nitrogens is 2. The number of carbonyl (C=O) groups is 2. The summed E-state index contributed by atoms with van der Waals surface area (Å²) >= 11 is 0. The lowest BCUT2D eigenvalue weighted by Gasteiger charge is -2.27. The number of primary amides is 1. The van der Waals surface area contributed by atoms with Gasteiger partial charge in [0.2, 0.25) is 6.23 Å². The maximum Gasteiger partial charge on any atom is 0.351 e. The Labute approximate surface area is 237 Å². The normalized spacial score (nSPS) is 21.9. The number of nitrogens with two attached hydrogens (primary N) is 1. The Balaban J connectivity index is 1.62. The molecule has 0 saturated carbocycles. The molecule has 0 radical (unpaired) electrons. The number of rotatable bonds is 16. The van der Waals surface area contributed by atoms with Gasteiger partial charge in [0.1, 0.15) is 17.6 Å². The molecule has 2 aliphatic rings. The first-order valence-corrected chi connectivity index (χ1v) is 14.2. The number of hydrogen-bond acceptors (Lipinski definition) is 9. The van der Waals surface area contributed by atoms with Crippen LogP contribution in [-0.4, -0.2) is 75.6 Å². The van der Waals surface area contributed by atoms with Crippen molar-refractivity contribution in [2.75, 3.05) is 24.6 Å². The first-order valence-electron chi connectivity index (χ1n) is 14.2. The second kappa shape index (κ2) is 15.1. The summed E-state index contributed by atoms with van der Waals surface area (Å²) in [6.45, 7) is 1.63. The minimum atomic E-state index is -3.88. The number of carbonyl (C=O) groups excluding carboxylic acids is 2. The van der Waals surface area contributed by atoms with Gasteiger partial charge in [-0.1, -0.05) is 64.7 Å². The van der Waals surface area contributed by atoms with E-state index >= 15 is 0 Å². The molecule has 0 unspecified atom stereocenters. The predicted molar refractivity (Wildman–Crippen MR) is 147 cm³/mol. The third-order valence-corrected chi connectivity index (χ3v) is 7.15. The Morgan fingerprint density at radius 3 is 2.34 bits per heavy atom.